The minimum Gasteiger partial charge on any atom is -0.455 e. The van der Waals surface area contributed by atoms with E-state index >= 15 is 0 Å². The van der Waals surface area contributed by atoms with Crippen LogP contribution in [0.2, 0.25) is 0 Å². The maximum Gasteiger partial charge on any atom is 0.295 e. The van der Waals surface area contributed by atoms with Gasteiger partial charge in [0, 0.05) is 29.6 Å². The molecule has 0 spiro atoms. The van der Waals surface area contributed by atoms with Gasteiger partial charge >= 0.3 is 0 Å². The van der Waals surface area contributed by atoms with Gasteiger partial charge in [0.1, 0.15) is 5.58 Å². The van der Waals surface area contributed by atoms with Crippen molar-refractivity contribution in [1.29, 1.82) is 0 Å². The second-order valence-corrected chi connectivity index (χ2v) is 7.37. The summed E-state index contributed by atoms with van der Waals surface area (Å²) in [5, 5.41) is 3.20. The van der Waals surface area contributed by atoms with Crippen molar-refractivity contribution in [2.45, 2.75) is 6.43 Å². The quantitative estimate of drug-likeness (QED) is 0.326. The molecule has 0 aliphatic carbocycles. The van der Waals surface area contributed by atoms with E-state index in [1.165, 1.54) is 18.2 Å². The standard InChI is InChI=1S/C22H23F2N5O3.2ClH/c1-29(2)7-6-27-20(30)13-8-12(9-14(10-13)21(31)28-22(25)26)15-4-3-5-17-16(15)11-18(32-17)19(23)24;;/h3-5,8-11,19H,6-7H2,1-2H3,(H,27,30)(H4,25,26,28,31);2*1H. The predicted molar refractivity (Wildman–Crippen MR) is 132 cm³/mol. The molecule has 3 aromatic rings. The summed E-state index contributed by atoms with van der Waals surface area (Å²) in [6.07, 6.45) is -2.77. The zero-order valence-electron chi connectivity index (χ0n) is 18.4. The molecule has 0 unspecified atom stereocenters. The lowest BCUT2D eigenvalue weighted by Crippen LogP contribution is -2.31. The fourth-order valence-corrected chi connectivity index (χ4v) is 3.15. The first kappa shape index (κ1) is 28.8. The molecule has 0 radical (unpaired) electrons. The average Bonchev–Trinajstić information content (AvgIpc) is 3.17. The molecule has 12 heteroatoms. The van der Waals surface area contributed by atoms with Crippen LogP contribution < -0.4 is 16.8 Å². The van der Waals surface area contributed by atoms with Crippen molar-refractivity contribution < 1.29 is 22.8 Å². The summed E-state index contributed by atoms with van der Waals surface area (Å²) in [7, 11) is 3.75. The summed E-state index contributed by atoms with van der Waals surface area (Å²) in [6.45, 7) is 1.01. The molecule has 5 N–H and O–H groups in total. The molecule has 1 aromatic heterocycles. The molecule has 0 bridgehead atoms. The Morgan fingerprint density at radius 1 is 1.09 bits per heavy atom. The van der Waals surface area contributed by atoms with E-state index in [9.17, 15) is 18.4 Å². The summed E-state index contributed by atoms with van der Waals surface area (Å²) in [5.74, 6) is -2.03. The number of nitrogens with two attached hydrogens (primary N) is 2. The van der Waals surface area contributed by atoms with Gasteiger partial charge in [-0.2, -0.15) is 4.99 Å². The lowest BCUT2D eigenvalue weighted by molar-refractivity contribution is 0.0951. The lowest BCUT2D eigenvalue weighted by Gasteiger charge is -2.12. The number of furan rings is 1. The van der Waals surface area contributed by atoms with Crippen LogP contribution in [0.3, 0.4) is 0 Å². The van der Waals surface area contributed by atoms with Crippen LogP contribution in [-0.2, 0) is 0 Å². The number of hydrogen-bond acceptors (Lipinski definition) is 4. The number of aliphatic imine (C=N–C) groups is 1. The molecule has 0 saturated carbocycles. The first-order valence-corrected chi connectivity index (χ1v) is 9.68. The van der Waals surface area contributed by atoms with Crippen LogP contribution in [0, 0.1) is 0 Å². The van der Waals surface area contributed by atoms with Crippen LogP contribution in [-0.4, -0.2) is 49.9 Å². The van der Waals surface area contributed by atoms with Gasteiger partial charge in [0.25, 0.3) is 18.2 Å². The summed E-state index contributed by atoms with van der Waals surface area (Å²) < 4.78 is 31.5. The highest BCUT2D eigenvalue weighted by Crippen LogP contribution is 2.35. The molecule has 2 amide bonds. The summed E-state index contributed by atoms with van der Waals surface area (Å²) in [5.41, 5.74) is 12.1. The van der Waals surface area contributed by atoms with E-state index in [-0.39, 0.29) is 41.5 Å². The van der Waals surface area contributed by atoms with Crippen molar-refractivity contribution in [2.24, 2.45) is 16.5 Å². The van der Waals surface area contributed by atoms with Crippen molar-refractivity contribution in [3.63, 3.8) is 0 Å². The summed E-state index contributed by atoms with van der Waals surface area (Å²) in [4.78, 5) is 30.6. The molecule has 3 rings (SSSR count). The Bertz CT molecular complexity index is 1190. The maximum absolute atomic E-state index is 13.1. The van der Waals surface area contributed by atoms with Crippen molar-refractivity contribution in [3.05, 3.63) is 59.4 Å². The molecular weight excluding hydrogens is 491 g/mol. The number of guanidine groups is 1. The molecule has 34 heavy (non-hydrogen) atoms. The van der Waals surface area contributed by atoms with Gasteiger partial charge in [-0.25, -0.2) is 8.78 Å². The second-order valence-electron chi connectivity index (χ2n) is 7.37. The molecule has 0 aliphatic rings. The number of benzene rings is 2. The van der Waals surface area contributed by atoms with Crippen molar-refractivity contribution in [3.8, 4) is 11.1 Å². The third kappa shape index (κ3) is 6.89. The van der Waals surface area contributed by atoms with Crippen LogP contribution in [0.5, 0.6) is 0 Å². The first-order valence-electron chi connectivity index (χ1n) is 9.68. The Labute approximate surface area is 207 Å². The van der Waals surface area contributed by atoms with Gasteiger partial charge in [-0.15, -0.1) is 24.8 Å². The Morgan fingerprint density at radius 2 is 1.76 bits per heavy atom. The molecule has 0 aliphatic heterocycles. The van der Waals surface area contributed by atoms with Crippen LogP contribution in [0.1, 0.15) is 32.9 Å². The fourth-order valence-electron chi connectivity index (χ4n) is 3.15. The number of halogens is 4. The number of nitrogens with one attached hydrogen (secondary N) is 1. The Morgan fingerprint density at radius 3 is 2.38 bits per heavy atom. The van der Waals surface area contributed by atoms with Crippen molar-refractivity contribution in [1.82, 2.24) is 10.2 Å². The Balaban J connectivity index is 0.00000289. The van der Waals surface area contributed by atoms with Gasteiger partial charge in [0.15, 0.2) is 11.7 Å². The van der Waals surface area contributed by atoms with Crippen LogP contribution in [0.15, 0.2) is 51.9 Å². The van der Waals surface area contributed by atoms with E-state index in [0.29, 0.717) is 29.6 Å². The number of amides is 2. The molecular formula is C22H25Cl2F2N5O3. The second kappa shape index (κ2) is 12.3. The molecule has 1 heterocycles. The SMILES string of the molecule is CN(C)CCNC(=O)c1cc(C(=O)N=C(N)N)cc(-c2cccc3oc(C(F)F)cc23)c1.Cl.Cl. The third-order valence-electron chi connectivity index (χ3n) is 4.62. The number of likely N-dealkylation sites (N-methyl/N-ethyl adjacent to an activating group) is 1. The number of hydrogen-bond donors (Lipinski definition) is 3. The lowest BCUT2D eigenvalue weighted by atomic mass is 9.96. The van der Waals surface area contributed by atoms with Gasteiger partial charge in [-0.05, 0) is 55.6 Å². The smallest absolute Gasteiger partial charge is 0.295 e. The van der Waals surface area contributed by atoms with E-state index in [0.717, 1.165) is 0 Å². The van der Waals surface area contributed by atoms with Gasteiger partial charge in [0.2, 0.25) is 0 Å². The van der Waals surface area contributed by atoms with Crippen molar-refractivity contribution in [2.75, 3.05) is 27.2 Å². The van der Waals surface area contributed by atoms with Gasteiger partial charge < -0.3 is 26.1 Å². The highest BCUT2D eigenvalue weighted by Gasteiger charge is 2.18. The van der Waals surface area contributed by atoms with Gasteiger partial charge in [-0.1, -0.05) is 12.1 Å². The third-order valence-corrected chi connectivity index (χ3v) is 4.62. The zero-order valence-corrected chi connectivity index (χ0v) is 20.0. The molecule has 0 fully saturated rings. The maximum atomic E-state index is 13.1. The molecule has 2 aromatic carbocycles. The minimum absolute atomic E-state index is 0. The Hall–Kier alpha value is -3.21. The summed E-state index contributed by atoms with van der Waals surface area (Å²) in [6, 6.07) is 10.6. The van der Waals surface area contributed by atoms with E-state index < -0.39 is 30.0 Å². The van der Waals surface area contributed by atoms with E-state index in [2.05, 4.69) is 10.3 Å². The number of carbonyl (C=O) groups excluding carboxylic acids is 2. The molecule has 184 valence electrons. The molecule has 0 atom stereocenters. The monoisotopic (exact) mass is 515 g/mol. The largest absolute Gasteiger partial charge is 0.455 e. The number of fused-ring (bicyclic) bond motifs is 1. The summed E-state index contributed by atoms with van der Waals surface area (Å²) >= 11 is 0. The first-order chi connectivity index (χ1) is 15.2. The highest BCUT2D eigenvalue weighted by atomic mass is 35.5. The van der Waals surface area contributed by atoms with Crippen LogP contribution >= 0.6 is 24.8 Å². The van der Waals surface area contributed by atoms with E-state index in [4.69, 9.17) is 15.9 Å². The number of carbonyl (C=O) groups is 2. The van der Waals surface area contributed by atoms with E-state index in [1.54, 1.807) is 24.3 Å². The van der Waals surface area contributed by atoms with Gasteiger partial charge in [-0.3, -0.25) is 9.59 Å². The Kier molecular flexibility index (Phi) is 10.4. The molecule has 8 nitrogen and oxygen atoms in total. The van der Waals surface area contributed by atoms with Crippen LogP contribution in [0.25, 0.3) is 22.1 Å². The average molecular weight is 516 g/mol. The van der Waals surface area contributed by atoms with Gasteiger partial charge in [0.05, 0.1) is 0 Å². The number of alkyl halides is 2. The predicted octanol–water partition coefficient (Wildman–Crippen LogP) is 3.59. The van der Waals surface area contributed by atoms with Crippen LogP contribution in [0.4, 0.5) is 8.78 Å². The zero-order chi connectivity index (χ0) is 23.4. The fraction of sp³-hybridized carbons (Fsp3) is 0.227. The van der Waals surface area contributed by atoms with Crippen molar-refractivity contribution >= 4 is 53.6 Å². The minimum atomic E-state index is -2.77. The number of rotatable bonds is 7. The molecule has 0 saturated heterocycles. The van der Waals surface area contributed by atoms with E-state index in [1.807, 2.05) is 19.0 Å². The topological polar surface area (TPSA) is 127 Å². The normalized spacial score (nSPS) is 10.5. The highest BCUT2D eigenvalue weighted by molar-refractivity contribution is 6.06. The number of nitrogens with zero attached hydrogens (tertiary/aromatic N) is 2.